The lowest BCUT2D eigenvalue weighted by Gasteiger charge is -2.35. The highest BCUT2D eigenvalue weighted by atomic mass is 32.2. The van der Waals surface area contributed by atoms with Gasteiger partial charge in [-0.25, -0.2) is 12.7 Å². The van der Waals surface area contributed by atoms with Crippen molar-refractivity contribution < 1.29 is 13.2 Å². The van der Waals surface area contributed by atoms with Crippen LogP contribution in [0.15, 0.2) is 53.4 Å². The maximum absolute atomic E-state index is 13.0. The molecule has 1 aliphatic heterocycles. The predicted octanol–water partition coefficient (Wildman–Crippen LogP) is 1.48. The van der Waals surface area contributed by atoms with Crippen molar-refractivity contribution in [3.8, 4) is 0 Å². The molecule has 0 saturated carbocycles. The third-order valence-corrected chi connectivity index (χ3v) is 6.75. The average molecular weight is 403 g/mol. The van der Waals surface area contributed by atoms with E-state index in [0.717, 1.165) is 23.9 Å². The van der Waals surface area contributed by atoms with E-state index in [4.69, 9.17) is 5.73 Å². The summed E-state index contributed by atoms with van der Waals surface area (Å²) in [6, 6.07) is 14.5. The van der Waals surface area contributed by atoms with Crippen LogP contribution in [-0.4, -0.2) is 68.7 Å². The van der Waals surface area contributed by atoms with E-state index < -0.39 is 10.0 Å². The Morgan fingerprint density at radius 3 is 2.29 bits per heavy atom. The summed E-state index contributed by atoms with van der Waals surface area (Å²) >= 11 is 0. The van der Waals surface area contributed by atoms with Gasteiger partial charge in [0.25, 0.3) is 5.91 Å². The fourth-order valence-corrected chi connectivity index (χ4v) is 4.14. The summed E-state index contributed by atoms with van der Waals surface area (Å²) in [6.07, 6.45) is 0. The molecule has 1 saturated heterocycles. The number of rotatable bonds is 5. The molecule has 2 N–H and O–H groups in total. The first-order valence-corrected chi connectivity index (χ1v) is 10.6. The second-order valence-electron chi connectivity index (χ2n) is 7.09. The van der Waals surface area contributed by atoms with Crippen molar-refractivity contribution in [2.24, 2.45) is 0 Å². The van der Waals surface area contributed by atoms with Crippen molar-refractivity contribution in [1.82, 2.24) is 14.1 Å². The number of hydrogen-bond donors (Lipinski definition) is 1. The highest BCUT2D eigenvalue weighted by Crippen LogP contribution is 2.22. The lowest BCUT2D eigenvalue weighted by molar-refractivity contribution is 0.0629. The molecule has 150 valence electrons. The van der Waals surface area contributed by atoms with Crippen LogP contribution in [0.4, 0.5) is 5.69 Å². The van der Waals surface area contributed by atoms with Crippen LogP contribution in [0.5, 0.6) is 0 Å². The normalized spacial score (nSPS) is 15.8. The number of amides is 1. The summed E-state index contributed by atoms with van der Waals surface area (Å²) in [5.41, 5.74) is 7.75. The monoisotopic (exact) mass is 402 g/mol. The minimum Gasteiger partial charge on any atom is -0.398 e. The molecule has 7 nitrogen and oxygen atoms in total. The first-order chi connectivity index (χ1) is 13.3. The molecule has 1 heterocycles. The lowest BCUT2D eigenvalue weighted by atomic mass is 10.1. The highest BCUT2D eigenvalue weighted by molar-refractivity contribution is 7.89. The number of anilines is 1. The van der Waals surface area contributed by atoms with E-state index in [9.17, 15) is 13.2 Å². The Bertz CT molecular complexity index is 937. The van der Waals surface area contributed by atoms with E-state index in [1.807, 2.05) is 18.2 Å². The largest absolute Gasteiger partial charge is 0.398 e. The van der Waals surface area contributed by atoms with Crippen LogP contribution < -0.4 is 5.73 Å². The zero-order valence-electron chi connectivity index (χ0n) is 16.2. The molecule has 8 heteroatoms. The molecule has 28 heavy (non-hydrogen) atoms. The quantitative estimate of drug-likeness (QED) is 0.766. The Hall–Kier alpha value is -2.42. The minimum atomic E-state index is -3.62. The van der Waals surface area contributed by atoms with Gasteiger partial charge in [-0.05, 0) is 23.8 Å². The summed E-state index contributed by atoms with van der Waals surface area (Å²) in [6.45, 7) is 3.53. The second kappa shape index (κ2) is 8.30. The molecule has 0 bridgehead atoms. The van der Waals surface area contributed by atoms with Crippen LogP contribution in [0.2, 0.25) is 0 Å². The standard InChI is InChI=1S/C20H26N4O3S/c1-22(2)28(26,27)17-8-9-19(21)18(14-17)20(25)24-12-10-23(11-13-24)15-16-6-4-3-5-7-16/h3-9,14H,10-13,15,21H2,1-2H3. The number of benzene rings is 2. The van der Waals surface area contributed by atoms with Gasteiger partial charge in [0.15, 0.2) is 0 Å². The van der Waals surface area contributed by atoms with Crippen molar-refractivity contribution in [3.05, 3.63) is 59.7 Å². The molecule has 0 aromatic heterocycles. The van der Waals surface area contributed by atoms with Gasteiger partial charge < -0.3 is 10.6 Å². The summed E-state index contributed by atoms with van der Waals surface area (Å²) < 4.78 is 25.8. The molecule has 0 radical (unpaired) electrons. The Kier molecular flexibility index (Phi) is 6.02. The summed E-state index contributed by atoms with van der Waals surface area (Å²) in [4.78, 5) is 17.1. The summed E-state index contributed by atoms with van der Waals surface area (Å²) in [5, 5.41) is 0. The smallest absolute Gasteiger partial charge is 0.256 e. The van der Waals surface area contributed by atoms with Crippen molar-refractivity contribution in [1.29, 1.82) is 0 Å². The fraction of sp³-hybridized carbons (Fsp3) is 0.350. The van der Waals surface area contributed by atoms with E-state index in [-0.39, 0.29) is 22.1 Å². The second-order valence-corrected chi connectivity index (χ2v) is 9.24. The van der Waals surface area contributed by atoms with Crippen molar-refractivity contribution in [2.45, 2.75) is 11.4 Å². The van der Waals surface area contributed by atoms with Crippen LogP contribution in [-0.2, 0) is 16.6 Å². The molecular formula is C20H26N4O3S. The molecule has 0 aliphatic carbocycles. The number of carbonyl (C=O) groups excluding carboxylic acids is 1. The minimum absolute atomic E-state index is 0.0674. The molecule has 0 spiro atoms. The molecular weight excluding hydrogens is 376 g/mol. The topological polar surface area (TPSA) is 86.9 Å². The number of carbonyl (C=O) groups is 1. The van der Waals surface area contributed by atoms with Gasteiger partial charge in [0, 0.05) is 52.5 Å². The van der Waals surface area contributed by atoms with E-state index in [0.29, 0.717) is 13.1 Å². The first kappa shape index (κ1) is 20.3. The Morgan fingerprint density at radius 2 is 1.68 bits per heavy atom. The number of nitrogens with zero attached hydrogens (tertiary/aromatic N) is 3. The Morgan fingerprint density at radius 1 is 1.04 bits per heavy atom. The van der Waals surface area contributed by atoms with Gasteiger partial charge in [0.05, 0.1) is 10.5 Å². The molecule has 2 aromatic rings. The Balaban J connectivity index is 1.70. The van der Waals surface area contributed by atoms with Crippen molar-refractivity contribution in [2.75, 3.05) is 46.0 Å². The summed E-state index contributed by atoms with van der Waals surface area (Å²) in [7, 11) is -0.710. The number of nitrogen functional groups attached to an aromatic ring is 1. The molecule has 2 aromatic carbocycles. The van der Waals surface area contributed by atoms with Gasteiger partial charge in [-0.3, -0.25) is 9.69 Å². The van der Waals surface area contributed by atoms with E-state index >= 15 is 0 Å². The van der Waals surface area contributed by atoms with Gasteiger partial charge in [-0.2, -0.15) is 0 Å². The van der Waals surface area contributed by atoms with Crippen LogP contribution in [0.25, 0.3) is 0 Å². The van der Waals surface area contributed by atoms with Crippen molar-refractivity contribution in [3.63, 3.8) is 0 Å². The van der Waals surface area contributed by atoms with Gasteiger partial charge in [0.1, 0.15) is 0 Å². The molecule has 1 amide bonds. The molecule has 1 aliphatic rings. The van der Waals surface area contributed by atoms with E-state index in [2.05, 4.69) is 17.0 Å². The zero-order chi connectivity index (χ0) is 20.3. The fourth-order valence-electron chi connectivity index (χ4n) is 3.21. The Labute approximate surface area is 166 Å². The molecule has 1 fully saturated rings. The van der Waals surface area contributed by atoms with Gasteiger partial charge in [-0.1, -0.05) is 30.3 Å². The highest BCUT2D eigenvalue weighted by Gasteiger charge is 2.26. The lowest BCUT2D eigenvalue weighted by Crippen LogP contribution is -2.48. The number of nitrogens with two attached hydrogens (primary N) is 1. The van der Waals surface area contributed by atoms with Crippen LogP contribution in [0.3, 0.4) is 0 Å². The van der Waals surface area contributed by atoms with Gasteiger partial charge >= 0.3 is 0 Å². The van der Waals surface area contributed by atoms with E-state index in [1.165, 1.54) is 37.9 Å². The SMILES string of the molecule is CN(C)S(=O)(=O)c1ccc(N)c(C(=O)N2CCN(Cc3ccccc3)CC2)c1. The maximum Gasteiger partial charge on any atom is 0.256 e. The van der Waals surface area contributed by atoms with E-state index in [1.54, 1.807) is 4.90 Å². The number of hydrogen-bond acceptors (Lipinski definition) is 5. The molecule has 0 unspecified atom stereocenters. The number of piperazine rings is 1. The third-order valence-electron chi connectivity index (χ3n) is 4.94. The predicted molar refractivity (Wildman–Crippen MR) is 109 cm³/mol. The summed E-state index contributed by atoms with van der Waals surface area (Å²) in [5.74, 6) is -0.229. The number of sulfonamides is 1. The van der Waals surface area contributed by atoms with Crippen molar-refractivity contribution >= 4 is 21.6 Å². The third kappa shape index (κ3) is 4.35. The van der Waals surface area contributed by atoms with Crippen LogP contribution in [0.1, 0.15) is 15.9 Å². The van der Waals surface area contributed by atoms with Gasteiger partial charge in [0.2, 0.25) is 10.0 Å². The van der Waals surface area contributed by atoms with Crippen LogP contribution >= 0.6 is 0 Å². The maximum atomic E-state index is 13.0. The van der Waals surface area contributed by atoms with Crippen LogP contribution in [0, 0.1) is 0 Å². The zero-order valence-corrected chi connectivity index (χ0v) is 17.0. The average Bonchev–Trinajstić information content (AvgIpc) is 2.69. The molecule has 3 rings (SSSR count). The molecule has 0 atom stereocenters. The van der Waals surface area contributed by atoms with Gasteiger partial charge in [-0.15, -0.1) is 0 Å². The first-order valence-electron chi connectivity index (χ1n) is 9.16.